The van der Waals surface area contributed by atoms with E-state index in [4.69, 9.17) is 11.6 Å². The fourth-order valence-electron chi connectivity index (χ4n) is 1.58. The summed E-state index contributed by atoms with van der Waals surface area (Å²) in [6.07, 6.45) is 4.64. The summed E-state index contributed by atoms with van der Waals surface area (Å²) in [5, 5.41) is -0.0967. The van der Waals surface area contributed by atoms with Crippen molar-refractivity contribution < 1.29 is 4.39 Å². The molecule has 0 N–H and O–H groups in total. The van der Waals surface area contributed by atoms with Gasteiger partial charge in [-0.25, -0.2) is 9.37 Å². The number of rotatable bonds is 1. The van der Waals surface area contributed by atoms with Gasteiger partial charge < -0.3 is 4.90 Å². The van der Waals surface area contributed by atoms with E-state index in [0.29, 0.717) is 5.95 Å². The van der Waals surface area contributed by atoms with Crippen molar-refractivity contribution in [2.45, 2.75) is 19.3 Å². The van der Waals surface area contributed by atoms with Gasteiger partial charge in [-0.05, 0) is 19.3 Å². The summed E-state index contributed by atoms with van der Waals surface area (Å²) in [6, 6.07) is 0. The van der Waals surface area contributed by atoms with E-state index >= 15 is 0 Å². The highest BCUT2D eigenvalue weighted by atomic mass is 35.5. The Bertz CT molecular complexity index is 326. The lowest BCUT2D eigenvalue weighted by Crippen LogP contribution is -2.31. The molecule has 0 aliphatic carbocycles. The monoisotopic (exact) mass is 215 g/mol. The Hall–Kier alpha value is -0.900. The first-order chi connectivity index (χ1) is 6.77. The molecule has 0 amide bonds. The zero-order chi connectivity index (χ0) is 9.97. The highest BCUT2D eigenvalue weighted by molar-refractivity contribution is 6.29. The highest BCUT2D eigenvalue weighted by Crippen LogP contribution is 2.18. The number of anilines is 1. The molecule has 2 heterocycles. The predicted octanol–water partition coefficient (Wildman–Crippen LogP) is 2.26. The van der Waals surface area contributed by atoms with Crippen LogP contribution in [0.15, 0.2) is 6.20 Å². The Morgan fingerprint density at radius 3 is 2.64 bits per heavy atom. The Morgan fingerprint density at radius 1 is 1.29 bits per heavy atom. The van der Waals surface area contributed by atoms with Crippen molar-refractivity contribution in [3.05, 3.63) is 17.2 Å². The largest absolute Gasteiger partial charge is 0.341 e. The normalized spacial score (nSPS) is 17.1. The van der Waals surface area contributed by atoms with Crippen LogP contribution in [0.2, 0.25) is 5.15 Å². The van der Waals surface area contributed by atoms with Crippen LogP contribution in [0, 0.1) is 5.82 Å². The maximum atomic E-state index is 12.8. The van der Waals surface area contributed by atoms with Gasteiger partial charge in [-0.3, -0.25) is 0 Å². The van der Waals surface area contributed by atoms with Gasteiger partial charge in [0.15, 0.2) is 11.0 Å². The summed E-state index contributed by atoms with van der Waals surface area (Å²) in [5.41, 5.74) is 0. The molecule has 1 aromatic heterocycles. The van der Waals surface area contributed by atoms with Crippen LogP contribution in [-0.4, -0.2) is 23.1 Å². The van der Waals surface area contributed by atoms with Crippen molar-refractivity contribution in [2.24, 2.45) is 0 Å². The van der Waals surface area contributed by atoms with Crippen molar-refractivity contribution in [2.75, 3.05) is 18.0 Å². The molecule has 0 spiro atoms. The lowest BCUT2D eigenvalue weighted by Gasteiger charge is -2.26. The zero-order valence-electron chi connectivity index (χ0n) is 7.71. The van der Waals surface area contributed by atoms with Gasteiger partial charge in [0.2, 0.25) is 5.95 Å². The molecule has 1 fully saturated rings. The third-order valence-corrected chi connectivity index (χ3v) is 2.59. The number of aromatic nitrogens is 2. The summed E-state index contributed by atoms with van der Waals surface area (Å²) in [6.45, 7) is 1.87. The van der Waals surface area contributed by atoms with Gasteiger partial charge in [0, 0.05) is 13.1 Å². The van der Waals surface area contributed by atoms with Crippen LogP contribution in [0.3, 0.4) is 0 Å². The molecule has 2 rings (SSSR count). The molecular formula is C9H11ClFN3. The molecule has 14 heavy (non-hydrogen) atoms. The SMILES string of the molecule is Fc1cnc(N2CCCCC2)nc1Cl. The molecule has 0 radical (unpaired) electrons. The van der Waals surface area contributed by atoms with E-state index in [0.717, 1.165) is 32.1 Å². The van der Waals surface area contributed by atoms with Crippen LogP contribution in [0.5, 0.6) is 0 Å². The average molecular weight is 216 g/mol. The lowest BCUT2D eigenvalue weighted by atomic mass is 10.1. The lowest BCUT2D eigenvalue weighted by molar-refractivity contribution is 0.562. The molecule has 1 saturated heterocycles. The summed E-state index contributed by atoms with van der Waals surface area (Å²) in [4.78, 5) is 9.86. The van der Waals surface area contributed by atoms with Gasteiger partial charge in [0.05, 0.1) is 6.20 Å². The Morgan fingerprint density at radius 2 is 2.00 bits per heavy atom. The van der Waals surface area contributed by atoms with Crippen molar-refractivity contribution in [1.29, 1.82) is 0 Å². The first kappa shape index (κ1) is 9.65. The van der Waals surface area contributed by atoms with Crippen LogP contribution in [0.4, 0.5) is 10.3 Å². The van der Waals surface area contributed by atoms with E-state index in [-0.39, 0.29) is 5.15 Å². The standard InChI is InChI=1S/C9H11ClFN3/c10-8-7(11)6-12-9(13-8)14-4-2-1-3-5-14/h6H,1-5H2. The quantitative estimate of drug-likeness (QED) is 0.673. The van der Waals surface area contributed by atoms with E-state index in [1.165, 1.54) is 6.42 Å². The van der Waals surface area contributed by atoms with Crippen LogP contribution >= 0.6 is 11.6 Å². The van der Waals surface area contributed by atoms with Gasteiger partial charge in [-0.2, -0.15) is 4.98 Å². The molecule has 3 nitrogen and oxygen atoms in total. The first-order valence-electron chi connectivity index (χ1n) is 4.70. The average Bonchev–Trinajstić information content (AvgIpc) is 2.23. The van der Waals surface area contributed by atoms with Gasteiger partial charge >= 0.3 is 0 Å². The van der Waals surface area contributed by atoms with E-state index < -0.39 is 5.82 Å². The van der Waals surface area contributed by atoms with Gasteiger partial charge in [0.25, 0.3) is 0 Å². The molecule has 1 aromatic rings. The predicted molar refractivity (Wildman–Crippen MR) is 53.1 cm³/mol. The summed E-state index contributed by atoms with van der Waals surface area (Å²) in [7, 11) is 0. The van der Waals surface area contributed by atoms with E-state index in [1.54, 1.807) is 0 Å². The third kappa shape index (κ3) is 1.95. The van der Waals surface area contributed by atoms with Crippen molar-refractivity contribution >= 4 is 17.5 Å². The maximum absolute atomic E-state index is 12.8. The van der Waals surface area contributed by atoms with E-state index in [2.05, 4.69) is 9.97 Å². The Labute approximate surface area is 86.9 Å². The molecule has 76 valence electrons. The van der Waals surface area contributed by atoms with Crippen LogP contribution in [0.1, 0.15) is 19.3 Å². The van der Waals surface area contributed by atoms with Gasteiger partial charge in [-0.1, -0.05) is 11.6 Å². The van der Waals surface area contributed by atoms with Gasteiger partial charge in [0.1, 0.15) is 0 Å². The number of halogens is 2. The van der Waals surface area contributed by atoms with Gasteiger partial charge in [-0.15, -0.1) is 0 Å². The number of nitrogens with zero attached hydrogens (tertiary/aromatic N) is 3. The second-order valence-corrected chi connectivity index (χ2v) is 3.71. The molecule has 1 aliphatic heterocycles. The fraction of sp³-hybridized carbons (Fsp3) is 0.556. The topological polar surface area (TPSA) is 29.0 Å². The molecule has 1 aliphatic rings. The van der Waals surface area contributed by atoms with Crippen LogP contribution in [-0.2, 0) is 0 Å². The zero-order valence-corrected chi connectivity index (χ0v) is 8.47. The summed E-state index contributed by atoms with van der Waals surface area (Å²) < 4.78 is 12.8. The number of piperidine rings is 1. The first-order valence-corrected chi connectivity index (χ1v) is 5.08. The molecule has 0 bridgehead atoms. The molecule has 0 saturated carbocycles. The Balaban J connectivity index is 2.18. The minimum absolute atomic E-state index is 0.0967. The summed E-state index contributed by atoms with van der Waals surface area (Å²) >= 11 is 5.58. The van der Waals surface area contributed by atoms with E-state index in [1.807, 2.05) is 4.90 Å². The number of hydrogen-bond donors (Lipinski definition) is 0. The highest BCUT2D eigenvalue weighted by Gasteiger charge is 2.14. The fourth-order valence-corrected chi connectivity index (χ4v) is 1.71. The minimum Gasteiger partial charge on any atom is -0.341 e. The molecular weight excluding hydrogens is 205 g/mol. The molecule has 0 atom stereocenters. The molecule has 0 unspecified atom stereocenters. The maximum Gasteiger partial charge on any atom is 0.226 e. The summed E-state index contributed by atoms with van der Waals surface area (Å²) in [5.74, 6) is -0.0245. The van der Waals surface area contributed by atoms with Crippen molar-refractivity contribution in [3.63, 3.8) is 0 Å². The second kappa shape index (κ2) is 4.09. The van der Waals surface area contributed by atoms with Crippen LogP contribution < -0.4 is 4.90 Å². The van der Waals surface area contributed by atoms with Crippen molar-refractivity contribution in [1.82, 2.24) is 9.97 Å². The van der Waals surface area contributed by atoms with E-state index in [9.17, 15) is 4.39 Å². The Kier molecular flexibility index (Phi) is 2.82. The molecule has 0 aromatic carbocycles. The van der Waals surface area contributed by atoms with Crippen LogP contribution in [0.25, 0.3) is 0 Å². The molecule has 5 heteroatoms. The van der Waals surface area contributed by atoms with Crippen molar-refractivity contribution in [3.8, 4) is 0 Å². The second-order valence-electron chi connectivity index (χ2n) is 3.36. The minimum atomic E-state index is -0.563. The number of hydrogen-bond acceptors (Lipinski definition) is 3. The third-order valence-electron chi connectivity index (χ3n) is 2.33. The smallest absolute Gasteiger partial charge is 0.226 e.